The molecule has 0 aromatic heterocycles. The highest BCUT2D eigenvalue weighted by molar-refractivity contribution is 5.67. The van der Waals surface area contributed by atoms with E-state index in [0.29, 0.717) is 19.8 Å². The third-order valence-electron chi connectivity index (χ3n) is 5.17. The molecule has 1 saturated heterocycles. The zero-order valence-corrected chi connectivity index (χ0v) is 12.6. The molecule has 1 aromatic rings. The maximum absolute atomic E-state index is 13.5. The lowest BCUT2D eigenvalue weighted by atomic mass is 9.86. The summed E-state index contributed by atoms with van der Waals surface area (Å²) in [6.07, 6.45) is 2.12. The molecule has 1 saturated carbocycles. The van der Waals surface area contributed by atoms with Gasteiger partial charge >= 0.3 is 6.09 Å². The highest BCUT2D eigenvalue weighted by atomic mass is 19.1. The van der Waals surface area contributed by atoms with Gasteiger partial charge in [0.05, 0.1) is 6.67 Å². The number of hydrogen-bond donors (Lipinski definition) is 1. The number of ether oxygens (including phenoxy) is 2. The fourth-order valence-electron chi connectivity index (χ4n) is 3.57. The molecule has 1 heterocycles. The zero-order chi connectivity index (χ0) is 15.5. The number of carbonyl (C=O) groups is 1. The molecule has 1 aliphatic heterocycles. The molecule has 1 spiro atoms. The molecule has 0 bridgehead atoms. The molecule has 0 radical (unpaired) electrons. The molecule has 1 N–H and O–H groups in total. The Kier molecular flexibility index (Phi) is 4.34. The van der Waals surface area contributed by atoms with Crippen molar-refractivity contribution in [2.75, 3.05) is 26.4 Å². The van der Waals surface area contributed by atoms with Crippen LogP contribution in [0.5, 0.6) is 0 Å². The Morgan fingerprint density at radius 1 is 1.27 bits per heavy atom. The number of halogens is 1. The zero-order valence-electron chi connectivity index (χ0n) is 12.6. The predicted octanol–water partition coefficient (Wildman–Crippen LogP) is 3.07. The van der Waals surface area contributed by atoms with Crippen molar-refractivity contribution in [3.05, 3.63) is 35.9 Å². The van der Waals surface area contributed by atoms with Gasteiger partial charge in [-0.1, -0.05) is 30.3 Å². The van der Waals surface area contributed by atoms with Gasteiger partial charge in [0, 0.05) is 25.2 Å². The molecule has 1 unspecified atom stereocenters. The Bertz CT molecular complexity index is 516. The Morgan fingerprint density at radius 2 is 2.00 bits per heavy atom. The number of rotatable bonds is 5. The minimum atomic E-state index is -0.481. The third-order valence-corrected chi connectivity index (χ3v) is 5.17. The molecule has 22 heavy (non-hydrogen) atoms. The molecule has 5 heteroatoms. The Morgan fingerprint density at radius 3 is 2.68 bits per heavy atom. The number of alkyl halides is 1. The summed E-state index contributed by atoms with van der Waals surface area (Å²) in [4.78, 5) is 11.8. The van der Waals surface area contributed by atoms with Gasteiger partial charge in [0.1, 0.15) is 6.61 Å². The summed E-state index contributed by atoms with van der Waals surface area (Å²) >= 11 is 0. The second-order valence-electron chi connectivity index (χ2n) is 6.40. The van der Waals surface area contributed by atoms with Gasteiger partial charge in [-0.25, -0.2) is 4.79 Å². The minimum absolute atomic E-state index is 0.0205. The smallest absolute Gasteiger partial charge is 0.407 e. The van der Waals surface area contributed by atoms with Crippen molar-refractivity contribution < 1.29 is 18.7 Å². The van der Waals surface area contributed by atoms with E-state index in [0.717, 1.165) is 24.8 Å². The molecule has 1 aromatic carbocycles. The van der Waals surface area contributed by atoms with Gasteiger partial charge in [0.15, 0.2) is 0 Å². The highest BCUT2D eigenvalue weighted by Gasteiger charge is 2.66. The first-order chi connectivity index (χ1) is 10.7. The number of hydrogen-bond acceptors (Lipinski definition) is 3. The predicted molar refractivity (Wildman–Crippen MR) is 80.1 cm³/mol. The Balaban J connectivity index is 1.46. The van der Waals surface area contributed by atoms with E-state index in [-0.39, 0.29) is 12.0 Å². The Hall–Kier alpha value is -1.62. The van der Waals surface area contributed by atoms with E-state index in [1.165, 1.54) is 0 Å². The fraction of sp³-hybridized carbons (Fsp3) is 0.588. The summed E-state index contributed by atoms with van der Waals surface area (Å²) in [5.41, 5.74) is 0.542. The number of benzene rings is 1. The largest absolute Gasteiger partial charge is 0.445 e. The van der Waals surface area contributed by atoms with E-state index in [4.69, 9.17) is 9.47 Å². The van der Waals surface area contributed by atoms with Crippen LogP contribution in [0.1, 0.15) is 24.8 Å². The average Bonchev–Trinajstić information content (AvgIpc) is 3.19. The molecule has 3 rings (SSSR count). The lowest BCUT2D eigenvalue weighted by molar-refractivity contribution is 0.0369. The maximum atomic E-state index is 13.5. The summed E-state index contributed by atoms with van der Waals surface area (Å²) < 4.78 is 24.1. The molecule has 1 atom stereocenters. The van der Waals surface area contributed by atoms with Crippen LogP contribution in [0.25, 0.3) is 0 Å². The molecule has 2 aliphatic rings. The van der Waals surface area contributed by atoms with E-state index < -0.39 is 18.2 Å². The SMILES string of the molecule is O=C(NCC1(CF)CC12CCOCC2)OCc1ccccc1. The molecule has 1 aliphatic carbocycles. The first kappa shape index (κ1) is 15.3. The molecule has 2 fully saturated rings. The second kappa shape index (κ2) is 6.24. The van der Waals surface area contributed by atoms with Crippen molar-refractivity contribution in [2.45, 2.75) is 25.9 Å². The van der Waals surface area contributed by atoms with Crippen LogP contribution in [0.2, 0.25) is 0 Å². The molecular weight excluding hydrogens is 285 g/mol. The van der Waals surface area contributed by atoms with E-state index in [1.807, 2.05) is 30.3 Å². The van der Waals surface area contributed by atoms with Crippen LogP contribution < -0.4 is 5.32 Å². The minimum Gasteiger partial charge on any atom is -0.445 e. The molecular formula is C17H22FNO3. The fourth-order valence-corrected chi connectivity index (χ4v) is 3.57. The van der Waals surface area contributed by atoms with E-state index >= 15 is 0 Å². The number of amides is 1. The van der Waals surface area contributed by atoms with E-state index in [2.05, 4.69) is 5.32 Å². The van der Waals surface area contributed by atoms with Gasteiger partial charge in [-0.05, 0) is 30.2 Å². The van der Waals surface area contributed by atoms with Crippen LogP contribution in [0, 0.1) is 10.8 Å². The second-order valence-corrected chi connectivity index (χ2v) is 6.40. The topological polar surface area (TPSA) is 47.6 Å². The summed E-state index contributed by atoms with van der Waals surface area (Å²) in [7, 11) is 0. The van der Waals surface area contributed by atoms with Gasteiger partial charge < -0.3 is 14.8 Å². The quantitative estimate of drug-likeness (QED) is 0.909. The summed E-state index contributed by atoms with van der Waals surface area (Å²) in [6, 6.07) is 9.50. The van der Waals surface area contributed by atoms with Crippen LogP contribution in [0.3, 0.4) is 0 Å². The number of alkyl carbamates (subject to hydrolysis) is 1. The highest BCUT2D eigenvalue weighted by Crippen LogP contribution is 2.68. The van der Waals surface area contributed by atoms with Crippen molar-refractivity contribution in [3.8, 4) is 0 Å². The summed E-state index contributed by atoms with van der Waals surface area (Å²) in [5, 5.41) is 2.74. The van der Waals surface area contributed by atoms with Gasteiger partial charge in [0.2, 0.25) is 0 Å². The molecule has 4 nitrogen and oxygen atoms in total. The van der Waals surface area contributed by atoms with Crippen LogP contribution in [0.4, 0.5) is 9.18 Å². The first-order valence-electron chi connectivity index (χ1n) is 7.78. The number of carbonyl (C=O) groups excluding carboxylic acids is 1. The molecule has 1 amide bonds. The first-order valence-corrected chi connectivity index (χ1v) is 7.78. The summed E-state index contributed by atoms with van der Waals surface area (Å²) in [5.74, 6) is 0. The monoisotopic (exact) mass is 307 g/mol. The van der Waals surface area contributed by atoms with Crippen molar-refractivity contribution in [3.63, 3.8) is 0 Å². The average molecular weight is 307 g/mol. The van der Waals surface area contributed by atoms with Crippen LogP contribution in [0.15, 0.2) is 30.3 Å². The normalized spacial score (nSPS) is 25.7. The lowest BCUT2D eigenvalue weighted by Gasteiger charge is -2.28. The van der Waals surface area contributed by atoms with Gasteiger partial charge in [-0.15, -0.1) is 0 Å². The number of nitrogens with one attached hydrogen (secondary N) is 1. The van der Waals surface area contributed by atoms with Gasteiger partial charge in [0.25, 0.3) is 0 Å². The molecule has 120 valence electrons. The van der Waals surface area contributed by atoms with Gasteiger partial charge in [-0.2, -0.15) is 0 Å². The van der Waals surface area contributed by atoms with Crippen LogP contribution in [-0.2, 0) is 16.1 Å². The lowest BCUT2D eigenvalue weighted by Crippen LogP contribution is -2.36. The van der Waals surface area contributed by atoms with Crippen LogP contribution in [-0.4, -0.2) is 32.5 Å². The Labute approximate surface area is 130 Å². The third kappa shape index (κ3) is 2.95. The van der Waals surface area contributed by atoms with Gasteiger partial charge in [-0.3, -0.25) is 4.39 Å². The van der Waals surface area contributed by atoms with E-state index in [9.17, 15) is 9.18 Å². The maximum Gasteiger partial charge on any atom is 0.407 e. The van der Waals surface area contributed by atoms with Crippen LogP contribution >= 0.6 is 0 Å². The summed E-state index contributed by atoms with van der Waals surface area (Å²) in [6.45, 7) is 1.57. The van der Waals surface area contributed by atoms with Crippen molar-refractivity contribution >= 4 is 6.09 Å². The van der Waals surface area contributed by atoms with Crippen molar-refractivity contribution in [1.82, 2.24) is 5.32 Å². The van der Waals surface area contributed by atoms with Crippen molar-refractivity contribution in [2.24, 2.45) is 10.8 Å². The van der Waals surface area contributed by atoms with E-state index in [1.54, 1.807) is 0 Å². The van der Waals surface area contributed by atoms with Crippen molar-refractivity contribution in [1.29, 1.82) is 0 Å². The standard InChI is InChI=1S/C17H22FNO3/c18-12-17(11-16(17)6-8-21-9-7-16)13-19-15(20)22-10-14-4-2-1-3-5-14/h1-5H,6-13H2,(H,19,20).